The predicted octanol–water partition coefficient (Wildman–Crippen LogP) is 2.90. The van der Waals surface area contributed by atoms with E-state index in [1.54, 1.807) is 11.8 Å². The number of hydrogen-bond acceptors (Lipinski definition) is 4. The second-order valence-electron chi connectivity index (χ2n) is 7.80. The Hall–Kier alpha value is -1.68. The Morgan fingerprint density at radius 3 is 3.04 bits per heavy atom. The van der Waals surface area contributed by atoms with Gasteiger partial charge >= 0.3 is 0 Å². The molecule has 0 amide bonds. The lowest BCUT2D eigenvalue weighted by Crippen LogP contribution is -2.59. The van der Waals surface area contributed by atoms with Crippen LogP contribution in [0.25, 0.3) is 11.0 Å². The third-order valence-electron chi connectivity index (χ3n) is 6.79. The highest BCUT2D eigenvalue weighted by atomic mass is 15.1. The van der Waals surface area contributed by atoms with E-state index in [0.717, 1.165) is 17.0 Å². The SMILES string of the molecule is CN1CC[C@]23CCCC[C@H]2[C@H]1Cc1cc2ncc(N)nc2cc13. The van der Waals surface area contributed by atoms with Crippen molar-refractivity contribution in [1.82, 2.24) is 14.9 Å². The molecule has 4 heteroatoms. The molecular weight excluding hydrogens is 284 g/mol. The van der Waals surface area contributed by atoms with Gasteiger partial charge in [-0.05, 0) is 68.5 Å². The van der Waals surface area contributed by atoms with Crippen LogP contribution in [0, 0.1) is 5.92 Å². The maximum absolute atomic E-state index is 5.87. The molecule has 2 fully saturated rings. The number of fused-ring (bicyclic) bond motifs is 2. The van der Waals surface area contributed by atoms with Gasteiger partial charge in [-0.3, -0.25) is 4.98 Å². The van der Waals surface area contributed by atoms with E-state index in [1.807, 2.05) is 0 Å². The summed E-state index contributed by atoms with van der Waals surface area (Å²) in [7, 11) is 2.32. The minimum Gasteiger partial charge on any atom is -0.382 e. The molecular formula is C19H24N4. The summed E-state index contributed by atoms with van der Waals surface area (Å²) in [4.78, 5) is 11.7. The molecule has 2 aromatic rings. The molecule has 1 saturated carbocycles. The van der Waals surface area contributed by atoms with Crippen LogP contribution in [0.4, 0.5) is 5.82 Å². The van der Waals surface area contributed by atoms with Gasteiger partial charge in [0.25, 0.3) is 0 Å². The normalized spacial score (nSPS) is 33.3. The van der Waals surface area contributed by atoms with Crippen molar-refractivity contribution >= 4 is 16.9 Å². The fourth-order valence-corrected chi connectivity index (χ4v) is 5.73. The summed E-state index contributed by atoms with van der Waals surface area (Å²) in [6.07, 6.45) is 9.62. The van der Waals surface area contributed by atoms with Gasteiger partial charge in [-0.1, -0.05) is 12.8 Å². The van der Waals surface area contributed by atoms with Crippen LogP contribution in [0.15, 0.2) is 18.3 Å². The number of piperidine rings is 1. The minimum absolute atomic E-state index is 0.378. The number of anilines is 1. The molecule has 4 nitrogen and oxygen atoms in total. The molecule has 3 atom stereocenters. The molecule has 120 valence electrons. The summed E-state index contributed by atoms with van der Waals surface area (Å²) >= 11 is 0. The van der Waals surface area contributed by atoms with E-state index in [-0.39, 0.29) is 0 Å². The van der Waals surface area contributed by atoms with Crippen LogP contribution in [0.1, 0.15) is 43.2 Å². The fourth-order valence-electron chi connectivity index (χ4n) is 5.73. The Balaban J connectivity index is 1.76. The lowest BCUT2D eigenvalue weighted by atomic mass is 9.52. The van der Waals surface area contributed by atoms with E-state index in [0.29, 0.717) is 17.3 Å². The Morgan fingerprint density at radius 1 is 1.22 bits per heavy atom. The van der Waals surface area contributed by atoms with E-state index >= 15 is 0 Å². The van der Waals surface area contributed by atoms with Crippen molar-refractivity contribution in [3.63, 3.8) is 0 Å². The van der Waals surface area contributed by atoms with Crippen LogP contribution < -0.4 is 5.73 Å². The molecule has 1 saturated heterocycles. The van der Waals surface area contributed by atoms with Crippen LogP contribution in [0.3, 0.4) is 0 Å². The quantitative estimate of drug-likeness (QED) is 0.813. The Kier molecular flexibility index (Phi) is 2.79. The number of nitrogen functional groups attached to an aromatic ring is 1. The molecule has 2 bridgehead atoms. The van der Waals surface area contributed by atoms with Gasteiger partial charge in [0.1, 0.15) is 5.82 Å². The predicted molar refractivity (Wildman–Crippen MR) is 92.3 cm³/mol. The topological polar surface area (TPSA) is 55.0 Å². The number of likely N-dealkylation sites (tertiary alicyclic amines) is 1. The van der Waals surface area contributed by atoms with Crippen molar-refractivity contribution < 1.29 is 0 Å². The zero-order valence-electron chi connectivity index (χ0n) is 13.8. The van der Waals surface area contributed by atoms with Crippen LogP contribution in [0.2, 0.25) is 0 Å². The second kappa shape index (κ2) is 4.67. The summed E-state index contributed by atoms with van der Waals surface area (Å²) in [5.74, 6) is 1.33. The molecule has 0 radical (unpaired) electrons. The first-order chi connectivity index (χ1) is 11.2. The summed E-state index contributed by atoms with van der Waals surface area (Å²) in [6.45, 7) is 1.22. The first kappa shape index (κ1) is 13.7. The molecule has 0 unspecified atom stereocenters. The molecule has 2 N–H and O–H groups in total. The number of aromatic nitrogens is 2. The third-order valence-corrected chi connectivity index (χ3v) is 6.79. The maximum Gasteiger partial charge on any atom is 0.142 e. The molecule has 1 aromatic carbocycles. The molecule has 1 aliphatic heterocycles. The monoisotopic (exact) mass is 308 g/mol. The van der Waals surface area contributed by atoms with Crippen molar-refractivity contribution in [3.05, 3.63) is 29.5 Å². The molecule has 2 aliphatic carbocycles. The van der Waals surface area contributed by atoms with Gasteiger partial charge in [0.15, 0.2) is 0 Å². The average Bonchev–Trinajstić information content (AvgIpc) is 2.57. The fraction of sp³-hybridized carbons (Fsp3) is 0.579. The van der Waals surface area contributed by atoms with Crippen LogP contribution in [-0.2, 0) is 11.8 Å². The van der Waals surface area contributed by atoms with E-state index in [1.165, 1.54) is 50.6 Å². The van der Waals surface area contributed by atoms with Crippen molar-refractivity contribution in [1.29, 1.82) is 0 Å². The molecule has 1 aromatic heterocycles. The van der Waals surface area contributed by atoms with Gasteiger partial charge in [-0.25, -0.2) is 4.98 Å². The molecule has 2 heterocycles. The molecule has 3 aliphatic rings. The third kappa shape index (κ3) is 1.81. The highest BCUT2D eigenvalue weighted by Gasteiger charge is 2.53. The minimum atomic E-state index is 0.378. The van der Waals surface area contributed by atoms with Crippen LogP contribution in [0.5, 0.6) is 0 Å². The van der Waals surface area contributed by atoms with Gasteiger partial charge < -0.3 is 10.6 Å². The van der Waals surface area contributed by atoms with Gasteiger partial charge in [0.2, 0.25) is 0 Å². The molecule has 23 heavy (non-hydrogen) atoms. The van der Waals surface area contributed by atoms with E-state index in [2.05, 4.69) is 34.0 Å². The van der Waals surface area contributed by atoms with Gasteiger partial charge in [-0.15, -0.1) is 0 Å². The van der Waals surface area contributed by atoms with E-state index in [4.69, 9.17) is 5.73 Å². The lowest BCUT2D eigenvalue weighted by Gasteiger charge is -2.58. The van der Waals surface area contributed by atoms with Gasteiger partial charge in [0.05, 0.1) is 17.2 Å². The second-order valence-corrected chi connectivity index (χ2v) is 7.80. The first-order valence-corrected chi connectivity index (χ1v) is 8.93. The van der Waals surface area contributed by atoms with Crippen molar-refractivity contribution in [2.75, 3.05) is 19.3 Å². The maximum atomic E-state index is 5.87. The molecule has 0 spiro atoms. The number of rotatable bonds is 0. The highest BCUT2D eigenvalue weighted by molar-refractivity contribution is 5.78. The smallest absolute Gasteiger partial charge is 0.142 e. The summed E-state index contributed by atoms with van der Waals surface area (Å²) in [5.41, 5.74) is 11.3. The van der Waals surface area contributed by atoms with E-state index < -0.39 is 0 Å². The standard InChI is InChI=1S/C19H24N4/c1-23-7-6-19-5-3-2-4-13(19)17(23)9-12-8-15-16(10-14(12)19)22-18(20)11-21-15/h8,10-11,13,17H,2-7,9H2,1H3,(H2,20,22)/t13-,17+,19+/m0/s1. The zero-order valence-corrected chi connectivity index (χ0v) is 13.8. The first-order valence-electron chi connectivity index (χ1n) is 8.93. The van der Waals surface area contributed by atoms with Crippen LogP contribution in [-0.4, -0.2) is 34.5 Å². The largest absolute Gasteiger partial charge is 0.382 e. The van der Waals surface area contributed by atoms with Crippen LogP contribution >= 0.6 is 0 Å². The van der Waals surface area contributed by atoms with E-state index in [9.17, 15) is 0 Å². The average molecular weight is 308 g/mol. The number of likely N-dealkylation sites (N-methyl/N-ethyl adjacent to an activating group) is 1. The number of nitrogens with two attached hydrogens (primary N) is 1. The number of nitrogens with zero attached hydrogens (tertiary/aromatic N) is 3. The molecule has 5 rings (SSSR count). The summed E-state index contributed by atoms with van der Waals surface area (Å²) < 4.78 is 0. The van der Waals surface area contributed by atoms with Crippen molar-refractivity contribution in [3.8, 4) is 0 Å². The summed E-state index contributed by atoms with van der Waals surface area (Å²) in [6, 6.07) is 5.32. The van der Waals surface area contributed by atoms with Gasteiger partial charge in [0, 0.05) is 11.5 Å². The Morgan fingerprint density at radius 2 is 2.13 bits per heavy atom. The number of benzene rings is 1. The van der Waals surface area contributed by atoms with Gasteiger partial charge in [-0.2, -0.15) is 0 Å². The summed E-state index contributed by atoms with van der Waals surface area (Å²) in [5, 5.41) is 0. The Bertz CT molecular complexity index is 786. The zero-order chi connectivity index (χ0) is 15.6. The Labute approximate surface area is 137 Å². The lowest BCUT2D eigenvalue weighted by molar-refractivity contribution is 0.00297. The number of hydrogen-bond donors (Lipinski definition) is 1. The van der Waals surface area contributed by atoms with Crippen molar-refractivity contribution in [2.45, 2.75) is 50.0 Å². The highest BCUT2D eigenvalue weighted by Crippen LogP contribution is 2.55. The van der Waals surface area contributed by atoms with Crippen molar-refractivity contribution in [2.24, 2.45) is 5.92 Å².